The number of aliphatic hydroxyl groups excluding tert-OH is 1. The first-order valence-corrected chi connectivity index (χ1v) is 9.02. The minimum absolute atomic E-state index is 0.0778. The summed E-state index contributed by atoms with van der Waals surface area (Å²) in [5.41, 5.74) is 0. The molecule has 0 saturated carbocycles. The fraction of sp³-hybridized carbons (Fsp3) is 0.692. The molecule has 5 nitrogen and oxygen atoms in total. The quantitative estimate of drug-likeness (QED) is 0.765. The number of rotatable bonds is 8. The molecule has 1 aromatic heterocycles. The van der Waals surface area contributed by atoms with E-state index in [0.717, 1.165) is 19.3 Å². The Morgan fingerprint density at radius 2 is 2.10 bits per heavy atom. The maximum absolute atomic E-state index is 12.7. The number of nitrogens with zero attached hydrogens (tertiary/aromatic N) is 1. The third-order valence-corrected chi connectivity index (χ3v) is 6.13. The van der Waals surface area contributed by atoms with Crippen LogP contribution in [0.3, 0.4) is 0 Å². The van der Waals surface area contributed by atoms with E-state index in [9.17, 15) is 8.42 Å². The predicted molar refractivity (Wildman–Crippen MR) is 80.9 cm³/mol. The highest BCUT2D eigenvalue weighted by Gasteiger charge is 2.31. The van der Waals surface area contributed by atoms with Crippen molar-refractivity contribution >= 4 is 26.0 Å². The van der Waals surface area contributed by atoms with Crippen LogP contribution in [0.5, 0.6) is 0 Å². The minimum Gasteiger partial charge on any atom is -0.450 e. The van der Waals surface area contributed by atoms with E-state index >= 15 is 0 Å². The summed E-state index contributed by atoms with van der Waals surface area (Å²) in [7, 11) is -3.62. The van der Waals surface area contributed by atoms with Gasteiger partial charge >= 0.3 is 0 Å². The largest absolute Gasteiger partial charge is 0.450 e. The van der Waals surface area contributed by atoms with Gasteiger partial charge in [-0.25, -0.2) is 8.42 Å². The van der Waals surface area contributed by atoms with Gasteiger partial charge in [0.1, 0.15) is 17.3 Å². The van der Waals surface area contributed by atoms with Crippen molar-refractivity contribution in [3.05, 3.63) is 16.5 Å². The molecule has 0 aliphatic heterocycles. The van der Waals surface area contributed by atoms with E-state index < -0.39 is 10.0 Å². The highest BCUT2D eigenvalue weighted by atomic mass is 79.9. The van der Waals surface area contributed by atoms with Crippen molar-refractivity contribution in [3.63, 3.8) is 0 Å². The second kappa shape index (κ2) is 7.59. The molecule has 0 radical (unpaired) electrons. The Balaban J connectivity index is 3.17. The van der Waals surface area contributed by atoms with Gasteiger partial charge in [0.2, 0.25) is 10.0 Å². The van der Waals surface area contributed by atoms with E-state index in [4.69, 9.17) is 9.52 Å². The minimum atomic E-state index is -3.62. The molecule has 0 aliphatic carbocycles. The molecule has 0 amide bonds. The van der Waals surface area contributed by atoms with E-state index in [0.29, 0.717) is 6.54 Å². The lowest BCUT2D eigenvalue weighted by Crippen LogP contribution is -2.39. The topological polar surface area (TPSA) is 70.8 Å². The summed E-state index contributed by atoms with van der Waals surface area (Å²) in [6.07, 6.45) is 2.48. The van der Waals surface area contributed by atoms with Gasteiger partial charge in [0.05, 0.1) is 0 Å². The van der Waals surface area contributed by atoms with Gasteiger partial charge in [0.25, 0.3) is 0 Å². The molecule has 7 heteroatoms. The first-order valence-electron chi connectivity index (χ1n) is 6.79. The van der Waals surface area contributed by atoms with Crippen molar-refractivity contribution in [2.24, 2.45) is 0 Å². The summed E-state index contributed by atoms with van der Waals surface area (Å²) >= 11 is 3.12. The zero-order valence-electron chi connectivity index (χ0n) is 12.1. The monoisotopic (exact) mass is 367 g/mol. The molecule has 0 spiro atoms. The molecule has 0 bridgehead atoms. The highest BCUT2D eigenvalue weighted by molar-refractivity contribution is 9.10. The fourth-order valence-electron chi connectivity index (χ4n) is 1.87. The van der Waals surface area contributed by atoms with E-state index in [1.807, 2.05) is 20.8 Å². The summed E-state index contributed by atoms with van der Waals surface area (Å²) in [4.78, 5) is 0.0814. The van der Waals surface area contributed by atoms with Crippen LogP contribution >= 0.6 is 15.9 Å². The Kier molecular flexibility index (Phi) is 6.71. The maximum atomic E-state index is 12.7. The molecule has 0 aliphatic rings. The molecule has 1 rings (SSSR count). The van der Waals surface area contributed by atoms with Gasteiger partial charge in [-0.05, 0) is 35.7 Å². The summed E-state index contributed by atoms with van der Waals surface area (Å²) in [5.74, 6) is 0.232. The molecule has 1 aromatic rings. The number of hydrogen-bond donors (Lipinski definition) is 1. The van der Waals surface area contributed by atoms with Crippen molar-refractivity contribution in [2.45, 2.75) is 57.6 Å². The van der Waals surface area contributed by atoms with E-state index in [2.05, 4.69) is 15.9 Å². The SMILES string of the molecule is CCCCN(C(C)CC)S(=O)(=O)c1cc(CO)oc1Br. The number of unbranched alkanes of at least 4 members (excludes halogenated alkanes) is 1. The molecule has 116 valence electrons. The maximum Gasteiger partial charge on any atom is 0.247 e. The zero-order chi connectivity index (χ0) is 15.3. The number of halogens is 1. The van der Waals surface area contributed by atoms with Crippen LogP contribution in [0.25, 0.3) is 0 Å². The highest BCUT2D eigenvalue weighted by Crippen LogP contribution is 2.30. The molecule has 1 heterocycles. The summed E-state index contributed by atoms with van der Waals surface area (Å²) in [5, 5.41) is 9.05. The van der Waals surface area contributed by atoms with Crippen LogP contribution < -0.4 is 0 Å². The third kappa shape index (κ3) is 3.84. The zero-order valence-corrected chi connectivity index (χ0v) is 14.5. The summed E-state index contributed by atoms with van der Waals surface area (Å²) in [6, 6.07) is 1.30. The Morgan fingerprint density at radius 3 is 2.55 bits per heavy atom. The van der Waals surface area contributed by atoms with Crippen molar-refractivity contribution in [3.8, 4) is 0 Å². The summed E-state index contributed by atoms with van der Waals surface area (Å²) in [6.45, 7) is 6.04. The van der Waals surface area contributed by atoms with Gasteiger partial charge in [0, 0.05) is 18.7 Å². The van der Waals surface area contributed by atoms with Gasteiger partial charge in [-0.15, -0.1) is 0 Å². The van der Waals surface area contributed by atoms with Crippen LogP contribution in [0.15, 0.2) is 20.0 Å². The van der Waals surface area contributed by atoms with Crippen molar-refractivity contribution in [1.82, 2.24) is 4.31 Å². The van der Waals surface area contributed by atoms with Crippen molar-refractivity contribution in [2.75, 3.05) is 6.54 Å². The number of sulfonamides is 1. The smallest absolute Gasteiger partial charge is 0.247 e. The lowest BCUT2D eigenvalue weighted by Gasteiger charge is -2.27. The van der Waals surface area contributed by atoms with Gasteiger partial charge < -0.3 is 9.52 Å². The van der Waals surface area contributed by atoms with Crippen LogP contribution in [-0.2, 0) is 16.6 Å². The number of hydrogen-bond acceptors (Lipinski definition) is 4. The average molecular weight is 368 g/mol. The molecule has 1 atom stereocenters. The van der Waals surface area contributed by atoms with Crippen LogP contribution in [0.1, 0.15) is 45.8 Å². The molecule has 0 saturated heterocycles. The van der Waals surface area contributed by atoms with E-state index in [1.165, 1.54) is 10.4 Å². The molecule has 0 fully saturated rings. The van der Waals surface area contributed by atoms with Crippen LogP contribution in [0.2, 0.25) is 0 Å². The lowest BCUT2D eigenvalue weighted by molar-refractivity contribution is 0.245. The van der Waals surface area contributed by atoms with E-state index in [-0.39, 0.29) is 28.0 Å². The first kappa shape index (κ1) is 17.7. The predicted octanol–water partition coefficient (Wildman–Crippen LogP) is 3.12. The molecular formula is C13H22BrNO4S. The summed E-state index contributed by atoms with van der Waals surface area (Å²) < 4.78 is 32.3. The average Bonchev–Trinajstić information content (AvgIpc) is 2.80. The van der Waals surface area contributed by atoms with Gasteiger partial charge in [-0.2, -0.15) is 4.31 Å². The Labute approximate surface area is 129 Å². The van der Waals surface area contributed by atoms with Crippen molar-refractivity contribution in [1.29, 1.82) is 0 Å². The van der Waals surface area contributed by atoms with Gasteiger partial charge in [-0.3, -0.25) is 0 Å². The standard InChI is InChI=1S/C13H22BrNO4S/c1-4-6-7-15(10(3)5-2)20(17,18)12-8-11(9-16)19-13(12)14/h8,10,16H,4-7,9H2,1-3H3. The second-order valence-corrected chi connectivity index (χ2v) is 7.31. The fourth-order valence-corrected chi connectivity index (χ4v) is 4.58. The van der Waals surface area contributed by atoms with Gasteiger partial charge in [0.15, 0.2) is 4.67 Å². The van der Waals surface area contributed by atoms with Crippen LogP contribution in [-0.4, -0.2) is 30.4 Å². The Bertz CT molecular complexity index is 526. The second-order valence-electron chi connectivity index (χ2n) is 4.74. The Hall–Kier alpha value is -0.370. The molecule has 20 heavy (non-hydrogen) atoms. The molecule has 0 aromatic carbocycles. The van der Waals surface area contributed by atoms with Crippen LogP contribution in [0, 0.1) is 0 Å². The third-order valence-electron chi connectivity index (χ3n) is 3.26. The number of aliphatic hydroxyl groups is 1. The molecule has 1 N–H and O–H groups in total. The normalized spacial score (nSPS) is 13.9. The molecule has 1 unspecified atom stereocenters. The van der Waals surface area contributed by atoms with E-state index in [1.54, 1.807) is 0 Å². The van der Waals surface area contributed by atoms with Crippen molar-refractivity contribution < 1.29 is 17.9 Å². The number of furan rings is 1. The lowest BCUT2D eigenvalue weighted by atomic mass is 10.2. The van der Waals surface area contributed by atoms with Gasteiger partial charge in [-0.1, -0.05) is 20.3 Å². The first-order chi connectivity index (χ1) is 9.38. The molecular weight excluding hydrogens is 346 g/mol. The van der Waals surface area contributed by atoms with Crippen LogP contribution in [0.4, 0.5) is 0 Å². The Morgan fingerprint density at radius 1 is 1.45 bits per heavy atom.